The molecule has 3 rings (SSSR count). The maximum atomic E-state index is 13.2. The Bertz CT molecular complexity index is 990. The molecule has 2 N–H and O–H groups in total. The molecule has 0 fully saturated rings. The quantitative estimate of drug-likeness (QED) is 0.803. The van der Waals surface area contributed by atoms with E-state index in [2.05, 4.69) is 15.0 Å². The van der Waals surface area contributed by atoms with Crippen LogP contribution in [-0.4, -0.2) is 26.7 Å². The zero-order valence-corrected chi connectivity index (χ0v) is 16.1. The highest BCUT2D eigenvalue weighted by Crippen LogP contribution is 2.17. The lowest BCUT2D eigenvalue weighted by Gasteiger charge is -2.11. The average molecular weight is 403 g/mol. The predicted molar refractivity (Wildman–Crippen MR) is 106 cm³/mol. The van der Waals surface area contributed by atoms with Gasteiger partial charge >= 0.3 is 0 Å². The molecule has 0 bridgehead atoms. The van der Waals surface area contributed by atoms with E-state index >= 15 is 0 Å². The van der Waals surface area contributed by atoms with Gasteiger partial charge in [0.15, 0.2) is 0 Å². The summed E-state index contributed by atoms with van der Waals surface area (Å²) in [5, 5.41) is 2.65. The highest BCUT2D eigenvalue weighted by Gasteiger charge is 2.18. The minimum atomic E-state index is -3.78. The molecule has 1 aliphatic rings. The van der Waals surface area contributed by atoms with E-state index in [0.29, 0.717) is 30.1 Å². The molecule has 8 heteroatoms. The Morgan fingerprint density at radius 2 is 1.89 bits per heavy atom. The second kappa shape index (κ2) is 8.97. The number of amides is 1. The number of halogens is 1. The molecule has 0 aliphatic carbocycles. The minimum absolute atomic E-state index is 0.0101. The first-order chi connectivity index (χ1) is 13.4. The summed E-state index contributed by atoms with van der Waals surface area (Å²) in [7, 11) is -3.78. The van der Waals surface area contributed by atoms with Crippen LogP contribution in [0.15, 0.2) is 58.4 Å². The van der Waals surface area contributed by atoms with Crippen molar-refractivity contribution < 1.29 is 17.6 Å². The summed E-state index contributed by atoms with van der Waals surface area (Å²) in [5.41, 5.74) is 0.890. The molecule has 0 radical (unpaired) electrons. The summed E-state index contributed by atoms with van der Waals surface area (Å²) in [4.78, 5) is 16.5. The van der Waals surface area contributed by atoms with E-state index in [1.165, 1.54) is 30.3 Å². The van der Waals surface area contributed by atoms with Crippen molar-refractivity contribution in [3.8, 4) is 0 Å². The van der Waals surface area contributed by atoms with Crippen molar-refractivity contribution in [3.63, 3.8) is 0 Å². The van der Waals surface area contributed by atoms with Crippen molar-refractivity contribution in [1.29, 1.82) is 0 Å². The Balaban J connectivity index is 1.69. The van der Waals surface area contributed by atoms with Crippen LogP contribution >= 0.6 is 0 Å². The predicted octanol–water partition coefficient (Wildman–Crippen LogP) is 3.26. The van der Waals surface area contributed by atoms with Crippen LogP contribution in [0.4, 0.5) is 10.1 Å². The third kappa shape index (κ3) is 5.63. The molecule has 1 heterocycles. The van der Waals surface area contributed by atoms with Crippen molar-refractivity contribution in [2.45, 2.75) is 37.0 Å². The molecule has 1 aliphatic heterocycles. The van der Waals surface area contributed by atoms with Gasteiger partial charge in [-0.2, -0.15) is 0 Å². The van der Waals surface area contributed by atoms with Crippen LogP contribution in [-0.2, 0) is 21.2 Å². The van der Waals surface area contributed by atoms with Gasteiger partial charge in [0.1, 0.15) is 11.7 Å². The first kappa shape index (κ1) is 20.0. The van der Waals surface area contributed by atoms with Crippen LogP contribution in [0.2, 0.25) is 0 Å². The van der Waals surface area contributed by atoms with Crippen molar-refractivity contribution in [1.82, 2.24) is 4.72 Å². The molecule has 1 amide bonds. The van der Waals surface area contributed by atoms with E-state index in [0.717, 1.165) is 19.3 Å². The van der Waals surface area contributed by atoms with Crippen LogP contribution in [0.25, 0.3) is 0 Å². The number of nitrogens with zero attached hydrogens (tertiary/aromatic N) is 1. The standard InChI is InChI=1S/C20H22FN3O3S/c21-16-7-4-6-15(12-16)13-20(25)23-17-8-5-9-18(14-17)28(26,27)24-19-10-2-1-3-11-22-19/h4-9,12,14H,1-3,10-11,13H2,(H,22,24)(H,23,25). The lowest BCUT2D eigenvalue weighted by molar-refractivity contribution is -0.115. The molecule has 0 saturated carbocycles. The number of anilines is 1. The fraction of sp³-hybridized carbons (Fsp3) is 0.300. The molecule has 0 unspecified atom stereocenters. The number of benzene rings is 2. The first-order valence-electron chi connectivity index (χ1n) is 9.13. The molecule has 2 aromatic carbocycles. The van der Waals surface area contributed by atoms with E-state index in [-0.39, 0.29) is 17.2 Å². The molecule has 0 spiro atoms. The SMILES string of the molecule is O=C(Cc1cccc(F)c1)Nc1cccc(S(=O)(=O)NC2=NCCCCC2)c1. The second-order valence-corrected chi connectivity index (χ2v) is 8.31. The van der Waals surface area contributed by atoms with E-state index in [4.69, 9.17) is 0 Å². The molecule has 2 aromatic rings. The molecule has 0 aromatic heterocycles. The number of aliphatic imine (C=N–C) groups is 1. The summed E-state index contributed by atoms with van der Waals surface area (Å²) in [6, 6.07) is 11.8. The van der Waals surface area contributed by atoms with E-state index in [1.54, 1.807) is 18.2 Å². The van der Waals surface area contributed by atoms with Gasteiger partial charge < -0.3 is 5.32 Å². The molecular weight excluding hydrogens is 381 g/mol. The van der Waals surface area contributed by atoms with E-state index in [9.17, 15) is 17.6 Å². The third-order valence-electron chi connectivity index (χ3n) is 4.31. The fourth-order valence-corrected chi connectivity index (χ4v) is 4.08. The largest absolute Gasteiger partial charge is 0.326 e. The average Bonchev–Trinajstić information content (AvgIpc) is 2.90. The van der Waals surface area contributed by atoms with Gasteiger partial charge in [-0.15, -0.1) is 0 Å². The highest BCUT2D eigenvalue weighted by molar-refractivity contribution is 7.90. The maximum Gasteiger partial charge on any atom is 0.262 e. The van der Waals surface area contributed by atoms with E-state index < -0.39 is 15.8 Å². The Morgan fingerprint density at radius 3 is 2.71 bits per heavy atom. The number of carbonyl (C=O) groups excluding carboxylic acids is 1. The van der Waals surface area contributed by atoms with E-state index in [1.807, 2.05) is 0 Å². The number of amidine groups is 1. The van der Waals surface area contributed by atoms with Crippen LogP contribution in [0.5, 0.6) is 0 Å². The van der Waals surface area contributed by atoms with Gasteiger partial charge in [0.25, 0.3) is 10.0 Å². The summed E-state index contributed by atoms with van der Waals surface area (Å²) in [6.07, 6.45) is 3.48. The zero-order valence-electron chi connectivity index (χ0n) is 15.3. The summed E-state index contributed by atoms with van der Waals surface area (Å²) >= 11 is 0. The maximum absolute atomic E-state index is 13.2. The van der Waals surface area contributed by atoms with Crippen molar-refractivity contribution in [3.05, 3.63) is 59.9 Å². The number of hydrogen-bond donors (Lipinski definition) is 2. The van der Waals surface area contributed by atoms with Gasteiger partial charge in [-0.05, 0) is 48.7 Å². The number of sulfonamides is 1. The Hall–Kier alpha value is -2.74. The van der Waals surface area contributed by atoms with Gasteiger partial charge in [-0.3, -0.25) is 14.5 Å². The van der Waals surface area contributed by atoms with Gasteiger partial charge in [-0.1, -0.05) is 24.6 Å². The molecule has 148 valence electrons. The number of rotatable bonds is 5. The van der Waals surface area contributed by atoms with Gasteiger partial charge in [0.05, 0.1) is 11.3 Å². The fourth-order valence-electron chi connectivity index (χ4n) is 2.95. The highest BCUT2D eigenvalue weighted by atomic mass is 32.2. The van der Waals surface area contributed by atoms with Crippen LogP contribution < -0.4 is 10.0 Å². The third-order valence-corrected chi connectivity index (χ3v) is 5.69. The Morgan fingerprint density at radius 1 is 1.07 bits per heavy atom. The second-order valence-electron chi connectivity index (χ2n) is 6.63. The molecule has 28 heavy (non-hydrogen) atoms. The number of carbonyl (C=O) groups is 1. The van der Waals surface area contributed by atoms with Crippen molar-refractivity contribution in [2.75, 3.05) is 11.9 Å². The number of hydrogen-bond acceptors (Lipinski definition) is 4. The molecule has 0 atom stereocenters. The summed E-state index contributed by atoms with van der Waals surface area (Å²) < 4.78 is 41.0. The van der Waals surface area contributed by atoms with Gasteiger partial charge in [0, 0.05) is 18.7 Å². The Kier molecular flexibility index (Phi) is 6.41. The smallest absolute Gasteiger partial charge is 0.262 e. The van der Waals surface area contributed by atoms with Crippen LogP contribution in [0.1, 0.15) is 31.2 Å². The van der Waals surface area contributed by atoms with Crippen LogP contribution in [0, 0.1) is 5.82 Å². The summed E-state index contributed by atoms with van der Waals surface area (Å²) in [6.45, 7) is 0.619. The molecule has 6 nitrogen and oxygen atoms in total. The zero-order chi connectivity index (χ0) is 20.0. The van der Waals surface area contributed by atoms with Crippen molar-refractivity contribution >= 4 is 27.5 Å². The normalized spacial score (nSPS) is 14.7. The number of nitrogens with one attached hydrogen (secondary N) is 2. The minimum Gasteiger partial charge on any atom is -0.326 e. The molecular formula is C20H22FN3O3S. The lowest BCUT2D eigenvalue weighted by Crippen LogP contribution is -2.30. The first-order valence-corrected chi connectivity index (χ1v) is 10.6. The topological polar surface area (TPSA) is 87.6 Å². The van der Waals surface area contributed by atoms with Gasteiger partial charge in [0.2, 0.25) is 5.91 Å². The monoisotopic (exact) mass is 403 g/mol. The lowest BCUT2D eigenvalue weighted by atomic mass is 10.1. The van der Waals surface area contributed by atoms with Crippen LogP contribution in [0.3, 0.4) is 0 Å². The summed E-state index contributed by atoms with van der Waals surface area (Å²) in [5.74, 6) is -0.301. The van der Waals surface area contributed by atoms with Crippen molar-refractivity contribution in [2.24, 2.45) is 4.99 Å². The van der Waals surface area contributed by atoms with Gasteiger partial charge in [-0.25, -0.2) is 12.8 Å². The Labute approximate surface area is 163 Å². The molecule has 0 saturated heterocycles.